The van der Waals surface area contributed by atoms with Crippen LogP contribution in [-0.2, 0) is 9.53 Å². The Hall–Kier alpha value is -0.610. The first-order valence-corrected chi connectivity index (χ1v) is 8.36. The Morgan fingerprint density at radius 3 is 2.35 bits per heavy atom. The summed E-state index contributed by atoms with van der Waals surface area (Å²) in [5.74, 6) is 1.44. The van der Waals surface area contributed by atoms with Crippen molar-refractivity contribution in [2.45, 2.75) is 63.9 Å². The second kappa shape index (κ2) is 8.63. The zero-order chi connectivity index (χ0) is 14.2. The normalized spacial score (nSPS) is 27.6. The van der Waals surface area contributed by atoms with Crippen LogP contribution in [0.2, 0.25) is 0 Å². The molecule has 0 heterocycles. The zero-order valence-corrected chi connectivity index (χ0v) is 12.6. The second-order valence-corrected chi connectivity index (χ2v) is 6.45. The van der Waals surface area contributed by atoms with Crippen molar-refractivity contribution in [1.82, 2.24) is 5.32 Å². The minimum atomic E-state index is 0.191. The van der Waals surface area contributed by atoms with E-state index in [9.17, 15) is 4.79 Å². The Morgan fingerprint density at radius 2 is 1.70 bits per heavy atom. The fourth-order valence-electron chi connectivity index (χ4n) is 3.48. The lowest BCUT2D eigenvalue weighted by Crippen LogP contribution is -2.31. The lowest BCUT2D eigenvalue weighted by Gasteiger charge is -2.27. The standard InChI is InChI=1S/C16H30N2O2/c17-12-14-7-5-13(6-8-14)11-16(19)18-9-10-20-15-3-1-2-4-15/h13-15H,1-12,17H2,(H,18,19). The van der Waals surface area contributed by atoms with E-state index in [4.69, 9.17) is 10.5 Å². The highest BCUT2D eigenvalue weighted by atomic mass is 16.5. The molecule has 20 heavy (non-hydrogen) atoms. The Bertz CT molecular complexity index is 282. The maximum absolute atomic E-state index is 11.9. The van der Waals surface area contributed by atoms with E-state index in [1.165, 1.54) is 38.5 Å². The maximum atomic E-state index is 11.9. The van der Waals surface area contributed by atoms with E-state index in [-0.39, 0.29) is 5.91 Å². The SMILES string of the molecule is NCC1CCC(CC(=O)NCCOC2CCCC2)CC1. The van der Waals surface area contributed by atoms with Gasteiger partial charge >= 0.3 is 0 Å². The lowest BCUT2D eigenvalue weighted by molar-refractivity contribution is -0.122. The quantitative estimate of drug-likeness (QED) is 0.704. The van der Waals surface area contributed by atoms with Crippen LogP contribution in [0.3, 0.4) is 0 Å². The van der Waals surface area contributed by atoms with Crippen LogP contribution in [0.4, 0.5) is 0 Å². The molecule has 2 fully saturated rings. The van der Waals surface area contributed by atoms with Crippen molar-refractivity contribution in [3.63, 3.8) is 0 Å². The van der Waals surface area contributed by atoms with Crippen LogP contribution in [-0.4, -0.2) is 31.7 Å². The third-order valence-corrected chi connectivity index (χ3v) is 4.85. The summed E-state index contributed by atoms with van der Waals surface area (Å²) in [6.07, 6.45) is 10.8. The van der Waals surface area contributed by atoms with Crippen LogP contribution in [0.15, 0.2) is 0 Å². The predicted octanol–water partition coefficient (Wildman–Crippen LogP) is 2.22. The number of carbonyl (C=O) groups is 1. The topological polar surface area (TPSA) is 64.4 Å². The summed E-state index contributed by atoms with van der Waals surface area (Å²) in [5, 5.41) is 2.99. The van der Waals surface area contributed by atoms with Gasteiger partial charge in [-0.3, -0.25) is 4.79 Å². The summed E-state index contributed by atoms with van der Waals surface area (Å²) in [6, 6.07) is 0. The molecular formula is C16H30N2O2. The van der Waals surface area contributed by atoms with Gasteiger partial charge in [0.1, 0.15) is 0 Å². The fraction of sp³-hybridized carbons (Fsp3) is 0.938. The summed E-state index contributed by atoms with van der Waals surface area (Å²) >= 11 is 0. The molecule has 0 atom stereocenters. The highest BCUT2D eigenvalue weighted by Crippen LogP contribution is 2.30. The molecule has 116 valence electrons. The molecule has 4 heteroatoms. The summed E-state index contributed by atoms with van der Waals surface area (Å²) in [7, 11) is 0. The van der Waals surface area contributed by atoms with Crippen molar-refractivity contribution in [2.75, 3.05) is 19.7 Å². The van der Waals surface area contributed by atoms with Crippen LogP contribution >= 0.6 is 0 Å². The number of nitrogens with two attached hydrogens (primary N) is 1. The lowest BCUT2D eigenvalue weighted by atomic mass is 9.80. The minimum Gasteiger partial charge on any atom is -0.376 e. The average Bonchev–Trinajstić information content (AvgIpc) is 2.98. The van der Waals surface area contributed by atoms with E-state index in [0.29, 0.717) is 37.5 Å². The molecular weight excluding hydrogens is 252 g/mol. The molecule has 2 aliphatic carbocycles. The molecule has 0 aliphatic heterocycles. The predicted molar refractivity (Wildman–Crippen MR) is 80.3 cm³/mol. The van der Waals surface area contributed by atoms with E-state index >= 15 is 0 Å². The van der Waals surface area contributed by atoms with Gasteiger partial charge in [0.25, 0.3) is 0 Å². The van der Waals surface area contributed by atoms with Gasteiger partial charge in [-0.05, 0) is 56.9 Å². The molecule has 0 aromatic rings. The number of amides is 1. The third-order valence-electron chi connectivity index (χ3n) is 4.85. The molecule has 0 saturated heterocycles. The van der Waals surface area contributed by atoms with Gasteiger partial charge in [-0.1, -0.05) is 12.8 Å². The number of rotatable bonds is 7. The molecule has 0 bridgehead atoms. The molecule has 2 aliphatic rings. The van der Waals surface area contributed by atoms with Crippen molar-refractivity contribution < 1.29 is 9.53 Å². The molecule has 2 saturated carbocycles. The summed E-state index contributed by atoms with van der Waals surface area (Å²) in [6.45, 7) is 2.13. The molecule has 0 spiro atoms. The average molecular weight is 282 g/mol. The number of nitrogens with one attached hydrogen (secondary N) is 1. The van der Waals surface area contributed by atoms with E-state index in [0.717, 1.165) is 19.4 Å². The number of hydrogen-bond acceptors (Lipinski definition) is 3. The van der Waals surface area contributed by atoms with Crippen LogP contribution in [0.25, 0.3) is 0 Å². The van der Waals surface area contributed by atoms with Crippen molar-refractivity contribution in [3.05, 3.63) is 0 Å². The van der Waals surface area contributed by atoms with Crippen LogP contribution in [0.1, 0.15) is 57.8 Å². The molecule has 2 rings (SSSR count). The summed E-state index contributed by atoms with van der Waals surface area (Å²) in [5.41, 5.74) is 5.69. The fourth-order valence-corrected chi connectivity index (χ4v) is 3.48. The Morgan fingerprint density at radius 1 is 1.05 bits per heavy atom. The molecule has 3 N–H and O–H groups in total. The monoisotopic (exact) mass is 282 g/mol. The molecule has 4 nitrogen and oxygen atoms in total. The van der Waals surface area contributed by atoms with E-state index < -0.39 is 0 Å². The van der Waals surface area contributed by atoms with Crippen molar-refractivity contribution >= 4 is 5.91 Å². The molecule has 0 aromatic heterocycles. The van der Waals surface area contributed by atoms with Crippen LogP contribution in [0, 0.1) is 11.8 Å². The van der Waals surface area contributed by atoms with Gasteiger partial charge in [0, 0.05) is 13.0 Å². The highest BCUT2D eigenvalue weighted by molar-refractivity contribution is 5.76. The number of ether oxygens (including phenoxy) is 1. The number of hydrogen-bond donors (Lipinski definition) is 2. The maximum Gasteiger partial charge on any atom is 0.220 e. The summed E-state index contributed by atoms with van der Waals surface area (Å²) < 4.78 is 5.74. The first-order valence-electron chi connectivity index (χ1n) is 8.36. The minimum absolute atomic E-state index is 0.191. The van der Waals surface area contributed by atoms with E-state index in [1.54, 1.807) is 0 Å². The smallest absolute Gasteiger partial charge is 0.220 e. The van der Waals surface area contributed by atoms with Gasteiger partial charge in [-0.2, -0.15) is 0 Å². The van der Waals surface area contributed by atoms with E-state index in [2.05, 4.69) is 5.32 Å². The molecule has 0 unspecified atom stereocenters. The molecule has 0 aromatic carbocycles. The van der Waals surface area contributed by atoms with Crippen molar-refractivity contribution in [3.8, 4) is 0 Å². The Balaban J connectivity index is 1.49. The second-order valence-electron chi connectivity index (χ2n) is 6.45. The van der Waals surface area contributed by atoms with Crippen LogP contribution < -0.4 is 11.1 Å². The van der Waals surface area contributed by atoms with E-state index in [1.807, 2.05) is 0 Å². The van der Waals surface area contributed by atoms with Gasteiger partial charge in [-0.25, -0.2) is 0 Å². The Labute approximate surface area is 122 Å². The third kappa shape index (κ3) is 5.41. The van der Waals surface area contributed by atoms with Gasteiger partial charge in [-0.15, -0.1) is 0 Å². The van der Waals surface area contributed by atoms with Crippen molar-refractivity contribution in [1.29, 1.82) is 0 Å². The first-order chi connectivity index (χ1) is 9.78. The number of carbonyl (C=O) groups excluding carboxylic acids is 1. The first kappa shape index (κ1) is 15.8. The molecule has 1 amide bonds. The largest absolute Gasteiger partial charge is 0.376 e. The van der Waals surface area contributed by atoms with Gasteiger partial charge < -0.3 is 15.8 Å². The van der Waals surface area contributed by atoms with Crippen LogP contribution in [0.5, 0.6) is 0 Å². The zero-order valence-electron chi connectivity index (χ0n) is 12.6. The summed E-state index contributed by atoms with van der Waals surface area (Å²) in [4.78, 5) is 11.9. The Kier molecular flexibility index (Phi) is 6.80. The molecule has 0 radical (unpaired) electrons. The van der Waals surface area contributed by atoms with Gasteiger partial charge in [0.15, 0.2) is 0 Å². The van der Waals surface area contributed by atoms with Crippen molar-refractivity contribution in [2.24, 2.45) is 17.6 Å². The highest BCUT2D eigenvalue weighted by Gasteiger charge is 2.22. The van der Waals surface area contributed by atoms with Gasteiger partial charge in [0.05, 0.1) is 12.7 Å². The van der Waals surface area contributed by atoms with Gasteiger partial charge in [0.2, 0.25) is 5.91 Å².